The van der Waals surface area contributed by atoms with Crippen LogP contribution in [0.5, 0.6) is 0 Å². The summed E-state index contributed by atoms with van der Waals surface area (Å²) in [6, 6.07) is 3.52. The lowest BCUT2D eigenvalue weighted by Crippen LogP contribution is -1.79. The highest BCUT2D eigenvalue weighted by Crippen LogP contribution is 2.24. The molecule has 2 nitrogen and oxygen atoms in total. The first-order chi connectivity index (χ1) is 5.70. The first-order valence-corrected chi connectivity index (χ1v) is 4.28. The Morgan fingerprint density at radius 1 is 1.50 bits per heavy atom. The van der Waals surface area contributed by atoms with Crippen molar-refractivity contribution in [2.45, 2.75) is 6.92 Å². The van der Waals surface area contributed by atoms with Crippen molar-refractivity contribution in [3.63, 3.8) is 0 Å². The van der Waals surface area contributed by atoms with Gasteiger partial charge in [-0.05, 0) is 35.0 Å². The Bertz CT molecular complexity index is 436. The maximum atomic E-state index is 13.3. The molecule has 0 aliphatic rings. The Balaban J connectivity index is 2.93. The molecule has 0 fully saturated rings. The summed E-state index contributed by atoms with van der Waals surface area (Å²) >= 11 is 3.10. The molecule has 1 aromatic carbocycles. The van der Waals surface area contributed by atoms with E-state index in [0.29, 0.717) is 9.99 Å². The first kappa shape index (κ1) is 7.73. The third kappa shape index (κ3) is 0.948. The molecular formula is C8H6BrFN2. The topological polar surface area (TPSA) is 28.7 Å². The molecule has 0 radical (unpaired) electrons. The fourth-order valence-corrected chi connectivity index (χ4v) is 1.47. The number of hydrogen-bond donors (Lipinski definition) is 1. The van der Waals surface area contributed by atoms with Crippen LogP contribution in [0.15, 0.2) is 16.6 Å². The molecule has 0 amide bonds. The SMILES string of the molecule is Cc1[nH]nc2c(F)c(Br)ccc12. The molecule has 0 aliphatic heterocycles. The van der Waals surface area contributed by atoms with Crippen LogP contribution in [0, 0.1) is 12.7 Å². The zero-order valence-corrected chi connectivity index (χ0v) is 7.94. The standard InChI is InChI=1S/C8H6BrFN2/c1-4-5-2-3-6(9)7(10)8(5)12-11-4/h2-3H,1H3,(H,11,12). The van der Waals surface area contributed by atoms with Gasteiger partial charge in [0, 0.05) is 11.1 Å². The van der Waals surface area contributed by atoms with Gasteiger partial charge in [0.25, 0.3) is 0 Å². The average molecular weight is 229 g/mol. The summed E-state index contributed by atoms with van der Waals surface area (Å²) in [6.07, 6.45) is 0. The van der Waals surface area contributed by atoms with Gasteiger partial charge >= 0.3 is 0 Å². The Morgan fingerprint density at radius 3 is 3.00 bits per heavy atom. The van der Waals surface area contributed by atoms with E-state index in [2.05, 4.69) is 26.1 Å². The second-order valence-electron chi connectivity index (χ2n) is 2.61. The van der Waals surface area contributed by atoms with Crippen molar-refractivity contribution in [1.82, 2.24) is 10.2 Å². The number of aromatic nitrogens is 2. The maximum absolute atomic E-state index is 13.3. The lowest BCUT2D eigenvalue weighted by atomic mass is 10.2. The van der Waals surface area contributed by atoms with Crippen LogP contribution in [-0.2, 0) is 0 Å². The van der Waals surface area contributed by atoms with Gasteiger partial charge < -0.3 is 0 Å². The molecule has 1 aromatic heterocycles. The van der Waals surface area contributed by atoms with Crippen molar-refractivity contribution in [3.8, 4) is 0 Å². The quantitative estimate of drug-likeness (QED) is 0.739. The number of aromatic amines is 1. The fraction of sp³-hybridized carbons (Fsp3) is 0.125. The van der Waals surface area contributed by atoms with E-state index in [0.717, 1.165) is 11.1 Å². The second kappa shape index (κ2) is 2.55. The van der Waals surface area contributed by atoms with E-state index >= 15 is 0 Å². The largest absolute Gasteiger partial charge is 0.282 e. The van der Waals surface area contributed by atoms with Gasteiger partial charge in [-0.2, -0.15) is 5.10 Å². The molecule has 0 saturated heterocycles. The van der Waals surface area contributed by atoms with Crippen LogP contribution < -0.4 is 0 Å². The summed E-state index contributed by atoms with van der Waals surface area (Å²) in [4.78, 5) is 0. The molecule has 0 saturated carbocycles. The summed E-state index contributed by atoms with van der Waals surface area (Å²) in [6.45, 7) is 1.86. The number of nitrogens with zero attached hydrogens (tertiary/aromatic N) is 1. The summed E-state index contributed by atoms with van der Waals surface area (Å²) in [7, 11) is 0. The average Bonchev–Trinajstić information content (AvgIpc) is 2.41. The molecule has 0 atom stereocenters. The lowest BCUT2D eigenvalue weighted by molar-refractivity contribution is 0.630. The van der Waals surface area contributed by atoms with Crippen LogP contribution in [0.2, 0.25) is 0 Å². The van der Waals surface area contributed by atoms with Crippen LogP contribution in [0.25, 0.3) is 10.9 Å². The van der Waals surface area contributed by atoms with Crippen molar-refractivity contribution >= 4 is 26.8 Å². The van der Waals surface area contributed by atoms with Gasteiger partial charge in [-0.1, -0.05) is 0 Å². The Morgan fingerprint density at radius 2 is 2.25 bits per heavy atom. The molecular weight excluding hydrogens is 223 g/mol. The summed E-state index contributed by atoms with van der Waals surface area (Å²) in [5, 5.41) is 7.41. The molecule has 4 heteroatoms. The number of fused-ring (bicyclic) bond motifs is 1. The first-order valence-electron chi connectivity index (χ1n) is 3.49. The van der Waals surface area contributed by atoms with E-state index in [1.54, 1.807) is 6.07 Å². The number of hydrogen-bond acceptors (Lipinski definition) is 1. The molecule has 0 spiro atoms. The minimum Gasteiger partial charge on any atom is -0.282 e. The van der Waals surface area contributed by atoms with Crippen molar-refractivity contribution in [2.24, 2.45) is 0 Å². The van der Waals surface area contributed by atoms with Crippen molar-refractivity contribution in [1.29, 1.82) is 0 Å². The predicted molar refractivity (Wildman–Crippen MR) is 48.5 cm³/mol. The van der Waals surface area contributed by atoms with E-state index < -0.39 is 0 Å². The molecule has 2 rings (SSSR count). The Hall–Kier alpha value is -0.900. The highest BCUT2D eigenvalue weighted by molar-refractivity contribution is 9.10. The minimum atomic E-state index is -0.308. The smallest absolute Gasteiger partial charge is 0.165 e. The molecule has 0 unspecified atom stereocenters. The van der Waals surface area contributed by atoms with Gasteiger partial charge in [-0.15, -0.1) is 0 Å². The van der Waals surface area contributed by atoms with Gasteiger partial charge in [-0.25, -0.2) is 4.39 Å². The number of H-pyrrole nitrogens is 1. The van der Waals surface area contributed by atoms with Crippen LogP contribution in [0.1, 0.15) is 5.69 Å². The van der Waals surface area contributed by atoms with E-state index in [1.807, 2.05) is 13.0 Å². The number of nitrogens with one attached hydrogen (secondary N) is 1. The summed E-state index contributed by atoms with van der Waals surface area (Å²) in [5.74, 6) is -0.308. The van der Waals surface area contributed by atoms with Crippen LogP contribution >= 0.6 is 15.9 Å². The van der Waals surface area contributed by atoms with Gasteiger partial charge in [0.1, 0.15) is 5.52 Å². The minimum absolute atomic E-state index is 0.308. The summed E-state index contributed by atoms with van der Waals surface area (Å²) < 4.78 is 13.7. The van der Waals surface area contributed by atoms with Gasteiger partial charge in [0.2, 0.25) is 0 Å². The van der Waals surface area contributed by atoms with Crippen molar-refractivity contribution < 1.29 is 4.39 Å². The third-order valence-corrected chi connectivity index (χ3v) is 2.42. The van der Waals surface area contributed by atoms with Gasteiger partial charge in [0.15, 0.2) is 5.82 Å². The van der Waals surface area contributed by atoms with E-state index in [-0.39, 0.29) is 5.82 Å². The summed E-state index contributed by atoms with van der Waals surface area (Å²) in [5.41, 5.74) is 1.28. The number of aryl methyl sites for hydroxylation is 1. The monoisotopic (exact) mass is 228 g/mol. The number of rotatable bonds is 0. The van der Waals surface area contributed by atoms with Crippen LogP contribution in [0.4, 0.5) is 4.39 Å². The fourth-order valence-electron chi connectivity index (χ4n) is 1.15. The molecule has 1 N–H and O–H groups in total. The Labute approximate surface area is 76.9 Å². The number of benzene rings is 1. The van der Waals surface area contributed by atoms with E-state index in [1.165, 1.54) is 0 Å². The van der Waals surface area contributed by atoms with Crippen LogP contribution in [-0.4, -0.2) is 10.2 Å². The molecule has 12 heavy (non-hydrogen) atoms. The zero-order chi connectivity index (χ0) is 8.72. The second-order valence-corrected chi connectivity index (χ2v) is 3.46. The highest BCUT2D eigenvalue weighted by atomic mass is 79.9. The maximum Gasteiger partial charge on any atom is 0.165 e. The zero-order valence-electron chi connectivity index (χ0n) is 6.36. The van der Waals surface area contributed by atoms with E-state index in [4.69, 9.17) is 0 Å². The highest BCUT2D eigenvalue weighted by Gasteiger charge is 2.08. The third-order valence-electron chi connectivity index (χ3n) is 1.81. The van der Waals surface area contributed by atoms with Gasteiger partial charge in [0.05, 0.1) is 4.47 Å². The van der Waals surface area contributed by atoms with Crippen LogP contribution in [0.3, 0.4) is 0 Å². The van der Waals surface area contributed by atoms with Crippen molar-refractivity contribution in [2.75, 3.05) is 0 Å². The molecule has 1 heterocycles. The Kier molecular flexibility index (Phi) is 1.65. The molecule has 62 valence electrons. The van der Waals surface area contributed by atoms with Crippen molar-refractivity contribution in [3.05, 3.63) is 28.1 Å². The lowest BCUT2D eigenvalue weighted by Gasteiger charge is -1.93. The predicted octanol–water partition coefficient (Wildman–Crippen LogP) is 2.77. The molecule has 0 bridgehead atoms. The molecule has 0 aliphatic carbocycles. The normalized spacial score (nSPS) is 10.9. The molecule has 2 aromatic rings. The number of halogens is 2. The van der Waals surface area contributed by atoms with E-state index in [9.17, 15) is 4.39 Å². The van der Waals surface area contributed by atoms with Gasteiger partial charge in [-0.3, -0.25) is 5.10 Å².